The van der Waals surface area contributed by atoms with Crippen LogP contribution in [0.2, 0.25) is 0 Å². The SMILES string of the molecule is Nc1cc(-c2ccc(F)c([N+](=O)[O-])c2)[nH]n1. The first kappa shape index (κ1) is 10.1. The number of aromatic amines is 1. The highest BCUT2D eigenvalue weighted by molar-refractivity contribution is 5.64. The number of nitrogen functional groups attached to an aromatic ring is 1. The second-order valence-corrected chi connectivity index (χ2v) is 3.13. The highest BCUT2D eigenvalue weighted by atomic mass is 19.1. The molecule has 16 heavy (non-hydrogen) atoms. The normalized spacial score (nSPS) is 10.3. The van der Waals surface area contributed by atoms with Gasteiger partial charge in [-0.1, -0.05) is 0 Å². The Morgan fingerprint density at radius 1 is 1.44 bits per heavy atom. The predicted octanol–water partition coefficient (Wildman–Crippen LogP) is 1.71. The summed E-state index contributed by atoms with van der Waals surface area (Å²) in [5.74, 6) is -0.608. The summed E-state index contributed by atoms with van der Waals surface area (Å²) in [5, 5.41) is 16.8. The van der Waals surface area contributed by atoms with Crippen molar-refractivity contribution in [2.45, 2.75) is 0 Å². The van der Waals surface area contributed by atoms with Gasteiger partial charge in [-0.3, -0.25) is 15.2 Å². The Labute approximate surface area is 89.0 Å². The van der Waals surface area contributed by atoms with Crippen LogP contribution in [-0.4, -0.2) is 15.1 Å². The number of halogens is 1. The number of nitro benzene ring substituents is 1. The van der Waals surface area contributed by atoms with Crippen molar-refractivity contribution in [1.82, 2.24) is 10.2 Å². The molecule has 7 heteroatoms. The van der Waals surface area contributed by atoms with Gasteiger partial charge in [-0.15, -0.1) is 0 Å². The van der Waals surface area contributed by atoms with Crippen molar-refractivity contribution < 1.29 is 9.31 Å². The molecule has 6 nitrogen and oxygen atoms in total. The minimum Gasteiger partial charge on any atom is -0.382 e. The zero-order valence-electron chi connectivity index (χ0n) is 7.98. The van der Waals surface area contributed by atoms with E-state index in [0.717, 1.165) is 12.1 Å². The van der Waals surface area contributed by atoms with E-state index in [2.05, 4.69) is 10.2 Å². The zero-order chi connectivity index (χ0) is 11.7. The number of nitrogens with two attached hydrogens (primary N) is 1. The van der Waals surface area contributed by atoms with Crippen molar-refractivity contribution in [2.75, 3.05) is 5.73 Å². The Morgan fingerprint density at radius 2 is 2.19 bits per heavy atom. The summed E-state index contributed by atoms with van der Waals surface area (Å²) in [6.07, 6.45) is 0. The Kier molecular flexibility index (Phi) is 2.28. The van der Waals surface area contributed by atoms with Gasteiger partial charge >= 0.3 is 5.69 Å². The number of H-pyrrole nitrogens is 1. The van der Waals surface area contributed by atoms with E-state index in [-0.39, 0.29) is 5.82 Å². The van der Waals surface area contributed by atoms with Gasteiger partial charge in [-0.2, -0.15) is 9.49 Å². The molecular formula is C9H7FN4O2. The van der Waals surface area contributed by atoms with Crippen LogP contribution in [0.5, 0.6) is 0 Å². The third-order valence-electron chi connectivity index (χ3n) is 2.05. The number of benzene rings is 1. The maximum absolute atomic E-state index is 13.0. The molecule has 0 saturated heterocycles. The summed E-state index contributed by atoms with van der Waals surface area (Å²) in [6.45, 7) is 0. The lowest BCUT2D eigenvalue weighted by Gasteiger charge is -1.98. The number of rotatable bonds is 2. The van der Waals surface area contributed by atoms with Gasteiger partial charge in [-0.25, -0.2) is 0 Å². The minimum absolute atomic E-state index is 0.266. The van der Waals surface area contributed by atoms with Crippen LogP contribution < -0.4 is 5.73 Å². The van der Waals surface area contributed by atoms with Crippen LogP contribution in [0.3, 0.4) is 0 Å². The molecule has 2 aromatic rings. The quantitative estimate of drug-likeness (QED) is 0.596. The van der Waals surface area contributed by atoms with E-state index in [0.29, 0.717) is 11.3 Å². The fourth-order valence-electron chi connectivity index (χ4n) is 1.31. The molecular weight excluding hydrogens is 215 g/mol. The van der Waals surface area contributed by atoms with Crippen LogP contribution in [0.15, 0.2) is 24.3 Å². The Balaban J connectivity index is 2.51. The lowest BCUT2D eigenvalue weighted by molar-refractivity contribution is -0.387. The minimum atomic E-state index is -0.874. The molecule has 0 bridgehead atoms. The van der Waals surface area contributed by atoms with E-state index >= 15 is 0 Å². The van der Waals surface area contributed by atoms with Crippen molar-refractivity contribution in [3.63, 3.8) is 0 Å². The average Bonchev–Trinajstić information content (AvgIpc) is 2.65. The maximum Gasteiger partial charge on any atom is 0.305 e. The summed E-state index contributed by atoms with van der Waals surface area (Å²) in [5.41, 5.74) is 5.77. The largest absolute Gasteiger partial charge is 0.382 e. The Morgan fingerprint density at radius 3 is 2.75 bits per heavy atom. The number of nitro groups is 1. The van der Waals surface area contributed by atoms with Gasteiger partial charge in [0.25, 0.3) is 0 Å². The molecule has 0 aliphatic carbocycles. The van der Waals surface area contributed by atoms with Gasteiger partial charge in [0.05, 0.1) is 10.6 Å². The molecule has 0 aliphatic rings. The number of nitrogens with zero attached hydrogens (tertiary/aromatic N) is 2. The van der Waals surface area contributed by atoms with Crippen molar-refractivity contribution in [3.8, 4) is 11.3 Å². The predicted molar refractivity (Wildman–Crippen MR) is 55.0 cm³/mol. The molecule has 0 unspecified atom stereocenters. The maximum atomic E-state index is 13.0. The number of aromatic nitrogens is 2. The third kappa shape index (κ3) is 1.70. The lowest BCUT2D eigenvalue weighted by atomic mass is 10.1. The van der Waals surface area contributed by atoms with Gasteiger partial charge in [-0.05, 0) is 12.1 Å². The fraction of sp³-hybridized carbons (Fsp3) is 0. The van der Waals surface area contributed by atoms with Crippen LogP contribution in [-0.2, 0) is 0 Å². The molecule has 0 radical (unpaired) electrons. The second kappa shape index (κ2) is 3.61. The first-order chi connectivity index (χ1) is 7.58. The van der Waals surface area contributed by atoms with Gasteiger partial charge in [0.2, 0.25) is 5.82 Å². The zero-order valence-corrected chi connectivity index (χ0v) is 7.98. The Bertz CT molecular complexity index is 552. The summed E-state index contributed by atoms with van der Waals surface area (Å²) < 4.78 is 13.0. The van der Waals surface area contributed by atoms with Crippen LogP contribution >= 0.6 is 0 Å². The first-order valence-electron chi connectivity index (χ1n) is 4.33. The molecule has 0 aliphatic heterocycles. The van der Waals surface area contributed by atoms with Crippen molar-refractivity contribution in [3.05, 3.63) is 40.2 Å². The average molecular weight is 222 g/mol. The van der Waals surface area contributed by atoms with E-state index in [1.165, 1.54) is 12.1 Å². The van der Waals surface area contributed by atoms with Crippen LogP contribution in [0.4, 0.5) is 15.9 Å². The van der Waals surface area contributed by atoms with E-state index < -0.39 is 16.4 Å². The molecule has 3 N–H and O–H groups in total. The molecule has 1 heterocycles. The van der Waals surface area contributed by atoms with Gasteiger partial charge in [0.1, 0.15) is 5.82 Å². The van der Waals surface area contributed by atoms with Crippen LogP contribution in [0.25, 0.3) is 11.3 Å². The van der Waals surface area contributed by atoms with Crippen LogP contribution in [0.1, 0.15) is 0 Å². The highest BCUT2D eigenvalue weighted by Gasteiger charge is 2.15. The van der Waals surface area contributed by atoms with Crippen molar-refractivity contribution >= 4 is 11.5 Å². The first-order valence-corrected chi connectivity index (χ1v) is 4.33. The Hall–Kier alpha value is -2.44. The molecule has 0 amide bonds. The van der Waals surface area contributed by atoms with E-state index in [1.54, 1.807) is 0 Å². The molecule has 82 valence electrons. The molecule has 0 spiro atoms. The van der Waals surface area contributed by atoms with E-state index in [1.807, 2.05) is 0 Å². The summed E-state index contributed by atoms with van der Waals surface area (Å²) in [4.78, 5) is 9.75. The molecule has 0 saturated carbocycles. The number of nitrogens with one attached hydrogen (secondary N) is 1. The fourth-order valence-corrected chi connectivity index (χ4v) is 1.31. The van der Waals surface area contributed by atoms with Gasteiger partial charge in [0.15, 0.2) is 0 Å². The van der Waals surface area contributed by atoms with E-state index in [4.69, 9.17) is 5.73 Å². The third-order valence-corrected chi connectivity index (χ3v) is 2.05. The highest BCUT2D eigenvalue weighted by Crippen LogP contribution is 2.25. The molecule has 1 aromatic carbocycles. The number of hydrogen-bond acceptors (Lipinski definition) is 4. The monoisotopic (exact) mass is 222 g/mol. The second-order valence-electron chi connectivity index (χ2n) is 3.13. The molecule has 0 atom stereocenters. The molecule has 0 fully saturated rings. The van der Waals surface area contributed by atoms with Gasteiger partial charge < -0.3 is 5.73 Å². The summed E-state index contributed by atoms with van der Waals surface area (Å²) in [7, 11) is 0. The number of hydrogen-bond donors (Lipinski definition) is 2. The standard InChI is InChI=1S/C9H7FN4O2/c10-6-2-1-5(3-8(6)14(15)16)7-4-9(11)13-12-7/h1-4H,(H3,11,12,13). The molecule has 1 aromatic heterocycles. The number of anilines is 1. The van der Waals surface area contributed by atoms with Crippen LogP contribution in [0, 0.1) is 15.9 Å². The topological polar surface area (TPSA) is 97.8 Å². The van der Waals surface area contributed by atoms with Gasteiger partial charge in [0, 0.05) is 17.7 Å². The van der Waals surface area contributed by atoms with Crippen molar-refractivity contribution in [1.29, 1.82) is 0 Å². The van der Waals surface area contributed by atoms with E-state index in [9.17, 15) is 14.5 Å². The summed E-state index contributed by atoms with van der Waals surface area (Å²) >= 11 is 0. The summed E-state index contributed by atoms with van der Waals surface area (Å²) in [6, 6.07) is 5.08. The van der Waals surface area contributed by atoms with Crippen molar-refractivity contribution in [2.24, 2.45) is 0 Å². The lowest BCUT2D eigenvalue weighted by Crippen LogP contribution is -1.92. The molecule has 2 rings (SSSR count). The smallest absolute Gasteiger partial charge is 0.305 e.